The van der Waals surface area contributed by atoms with E-state index >= 15 is 0 Å². The van der Waals surface area contributed by atoms with Gasteiger partial charge in [-0.2, -0.15) is 0 Å². The fourth-order valence-electron chi connectivity index (χ4n) is 1.32. The Morgan fingerprint density at radius 3 is 2.91 bits per heavy atom. The molecule has 1 aliphatic heterocycles. The van der Waals surface area contributed by atoms with Gasteiger partial charge in [-0.05, 0) is 13.3 Å². The van der Waals surface area contributed by atoms with Crippen LogP contribution in [0.3, 0.4) is 0 Å². The van der Waals surface area contributed by atoms with Gasteiger partial charge in [0.15, 0.2) is 0 Å². The average Bonchev–Trinajstić information content (AvgIpc) is 2.31. The number of nitrogens with one attached hydrogen (secondary N) is 1. The molecule has 1 heterocycles. The van der Waals surface area contributed by atoms with E-state index in [1.807, 2.05) is 0 Å². The van der Waals surface area contributed by atoms with Crippen molar-refractivity contribution in [3.05, 3.63) is 0 Å². The molecule has 0 bridgehead atoms. The first-order chi connectivity index (χ1) is 5.20. The van der Waals surface area contributed by atoms with E-state index in [0.717, 1.165) is 19.6 Å². The summed E-state index contributed by atoms with van der Waals surface area (Å²) in [4.78, 5) is 10.6. The number of ether oxygens (including phenoxy) is 1. The fraction of sp³-hybridized carbons (Fsp3) is 0.875. The van der Waals surface area contributed by atoms with Crippen molar-refractivity contribution < 1.29 is 9.53 Å². The molecule has 0 spiro atoms. The summed E-state index contributed by atoms with van der Waals surface area (Å²) in [5.41, 5.74) is 0. The lowest BCUT2D eigenvalue weighted by Gasteiger charge is -2.13. The van der Waals surface area contributed by atoms with Gasteiger partial charge in [0.2, 0.25) is 5.91 Å². The summed E-state index contributed by atoms with van der Waals surface area (Å²) in [5.74, 6) is 0.558. The van der Waals surface area contributed by atoms with Crippen LogP contribution in [0.2, 0.25) is 0 Å². The van der Waals surface area contributed by atoms with Crippen molar-refractivity contribution in [1.29, 1.82) is 0 Å². The molecule has 2 unspecified atom stereocenters. The van der Waals surface area contributed by atoms with E-state index in [-0.39, 0.29) is 5.91 Å². The highest BCUT2D eigenvalue weighted by molar-refractivity contribution is 5.72. The van der Waals surface area contributed by atoms with E-state index in [1.165, 1.54) is 0 Å². The van der Waals surface area contributed by atoms with Gasteiger partial charge in [-0.15, -0.1) is 0 Å². The second-order valence-corrected chi connectivity index (χ2v) is 3.06. The van der Waals surface area contributed by atoms with E-state index in [2.05, 4.69) is 12.2 Å². The van der Waals surface area contributed by atoms with Gasteiger partial charge in [-0.1, -0.05) is 0 Å². The quantitative estimate of drug-likeness (QED) is 0.635. The second-order valence-electron chi connectivity index (χ2n) is 3.06. The first-order valence-corrected chi connectivity index (χ1v) is 4.06. The molecular weight excluding hydrogens is 142 g/mol. The van der Waals surface area contributed by atoms with Gasteiger partial charge in [-0.25, -0.2) is 0 Å². The molecule has 3 heteroatoms. The zero-order valence-electron chi connectivity index (χ0n) is 7.09. The third-order valence-corrected chi connectivity index (χ3v) is 2.15. The summed E-state index contributed by atoms with van der Waals surface area (Å²) >= 11 is 0. The maximum absolute atomic E-state index is 10.6. The van der Waals surface area contributed by atoms with Crippen molar-refractivity contribution >= 4 is 5.91 Å². The van der Waals surface area contributed by atoms with Crippen molar-refractivity contribution in [2.45, 2.75) is 26.4 Å². The number of hydrogen-bond acceptors (Lipinski definition) is 2. The van der Waals surface area contributed by atoms with Crippen LogP contribution in [0.1, 0.15) is 20.3 Å². The Morgan fingerprint density at radius 2 is 2.45 bits per heavy atom. The van der Waals surface area contributed by atoms with Crippen LogP contribution in [0.25, 0.3) is 0 Å². The summed E-state index contributed by atoms with van der Waals surface area (Å²) in [6.45, 7) is 5.20. The summed E-state index contributed by atoms with van der Waals surface area (Å²) in [6.07, 6.45) is 1.38. The number of carbonyl (C=O) groups is 1. The normalized spacial score (nSPS) is 30.4. The van der Waals surface area contributed by atoms with Crippen LogP contribution in [0.5, 0.6) is 0 Å². The third kappa shape index (κ3) is 2.50. The number of hydrogen-bond donors (Lipinski definition) is 1. The molecule has 0 aromatic carbocycles. The molecule has 0 radical (unpaired) electrons. The smallest absolute Gasteiger partial charge is 0.216 e. The van der Waals surface area contributed by atoms with Gasteiger partial charge >= 0.3 is 0 Å². The average molecular weight is 157 g/mol. The van der Waals surface area contributed by atoms with E-state index in [1.54, 1.807) is 6.92 Å². The zero-order valence-corrected chi connectivity index (χ0v) is 7.09. The minimum absolute atomic E-state index is 0.0455. The Balaban J connectivity index is 2.20. The summed E-state index contributed by atoms with van der Waals surface area (Å²) in [6, 6.07) is 0. The van der Waals surface area contributed by atoms with Gasteiger partial charge in [0.05, 0.1) is 6.10 Å². The Labute approximate surface area is 67.1 Å². The number of amides is 1. The molecule has 1 fully saturated rings. The Hall–Kier alpha value is -0.570. The number of rotatable bonds is 2. The second kappa shape index (κ2) is 3.72. The Kier molecular flexibility index (Phi) is 2.88. The molecule has 1 aliphatic rings. The minimum Gasteiger partial charge on any atom is -0.378 e. The first kappa shape index (κ1) is 8.53. The minimum atomic E-state index is 0.0455. The van der Waals surface area contributed by atoms with E-state index in [9.17, 15) is 4.79 Å². The monoisotopic (exact) mass is 157 g/mol. The highest BCUT2D eigenvalue weighted by Gasteiger charge is 2.23. The predicted molar refractivity (Wildman–Crippen MR) is 42.2 cm³/mol. The summed E-state index contributed by atoms with van der Waals surface area (Å²) < 4.78 is 5.35. The molecule has 1 N–H and O–H groups in total. The van der Waals surface area contributed by atoms with Crippen LogP contribution < -0.4 is 5.32 Å². The van der Waals surface area contributed by atoms with Crippen LogP contribution in [0.4, 0.5) is 0 Å². The molecule has 1 saturated heterocycles. The van der Waals surface area contributed by atoms with Gasteiger partial charge in [-0.3, -0.25) is 4.79 Å². The van der Waals surface area contributed by atoms with Crippen LogP contribution in [-0.2, 0) is 9.53 Å². The van der Waals surface area contributed by atoms with Gasteiger partial charge in [0.25, 0.3) is 0 Å². The van der Waals surface area contributed by atoms with Crippen LogP contribution in [-0.4, -0.2) is 25.2 Å². The highest BCUT2D eigenvalue weighted by Crippen LogP contribution is 2.18. The van der Waals surface area contributed by atoms with Gasteiger partial charge in [0.1, 0.15) is 0 Å². The predicted octanol–water partition coefficient (Wildman–Crippen LogP) is 0.547. The van der Waals surface area contributed by atoms with Crippen LogP contribution >= 0.6 is 0 Å². The molecule has 11 heavy (non-hydrogen) atoms. The third-order valence-electron chi connectivity index (χ3n) is 2.15. The van der Waals surface area contributed by atoms with E-state index in [4.69, 9.17) is 4.74 Å². The number of carbonyl (C=O) groups excluding carboxylic acids is 1. The zero-order chi connectivity index (χ0) is 8.27. The Morgan fingerprint density at radius 1 is 1.73 bits per heavy atom. The lowest BCUT2D eigenvalue weighted by atomic mass is 10.0. The molecule has 3 nitrogen and oxygen atoms in total. The van der Waals surface area contributed by atoms with Gasteiger partial charge in [0, 0.05) is 26.0 Å². The molecule has 1 rings (SSSR count). The Bertz CT molecular complexity index is 147. The summed E-state index contributed by atoms with van der Waals surface area (Å²) in [7, 11) is 0. The van der Waals surface area contributed by atoms with Crippen molar-refractivity contribution in [3.8, 4) is 0 Å². The molecule has 64 valence electrons. The molecular formula is C8H15NO2. The van der Waals surface area contributed by atoms with E-state index < -0.39 is 0 Å². The molecule has 0 aliphatic carbocycles. The van der Waals surface area contributed by atoms with Crippen molar-refractivity contribution in [2.24, 2.45) is 5.92 Å². The standard InChI is InChI=1S/C8H15NO2/c1-6-8(3-4-11-6)5-9-7(2)10/h6,8H,3-5H2,1-2H3,(H,9,10). The van der Waals surface area contributed by atoms with Crippen LogP contribution in [0.15, 0.2) is 0 Å². The molecule has 2 atom stereocenters. The molecule has 0 aromatic heterocycles. The van der Waals surface area contributed by atoms with E-state index in [0.29, 0.717) is 12.0 Å². The fourth-order valence-corrected chi connectivity index (χ4v) is 1.32. The molecule has 1 amide bonds. The SMILES string of the molecule is CC(=O)NCC1CCOC1C. The highest BCUT2D eigenvalue weighted by atomic mass is 16.5. The van der Waals surface area contributed by atoms with Crippen molar-refractivity contribution in [3.63, 3.8) is 0 Å². The lowest BCUT2D eigenvalue weighted by molar-refractivity contribution is -0.119. The molecule has 0 saturated carbocycles. The maximum atomic E-state index is 10.6. The van der Waals surface area contributed by atoms with Gasteiger partial charge < -0.3 is 10.1 Å². The van der Waals surface area contributed by atoms with Crippen molar-refractivity contribution in [2.75, 3.05) is 13.2 Å². The largest absolute Gasteiger partial charge is 0.378 e. The topological polar surface area (TPSA) is 38.3 Å². The van der Waals surface area contributed by atoms with Crippen LogP contribution in [0, 0.1) is 5.92 Å². The lowest BCUT2D eigenvalue weighted by Crippen LogP contribution is -2.30. The molecule has 0 aromatic rings. The first-order valence-electron chi connectivity index (χ1n) is 4.06. The maximum Gasteiger partial charge on any atom is 0.216 e. The van der Waals surface area contributed by atoms with Crippen molar-refractivity contribution in [1.82, 2.24) is 5.32 Å². The summed E-state index contributed by atoms with van der Waals surface area (Å²) in [5, 5.41) is 2.80.